The third-order valence-electron chi connectivity index (χ3n) is 1.75. The van der Waals surface area contributed by atoms with E-state index < -0.39 is 5.97 Å². The van der Waals surface area contributed by atoms with E-state index in [4.69, 9.17) is 16.2 Å². The van der Waals surface area contributed by atoms with Gasteiger partial charge in [-0.2, -0.15) is 0 Å². The summed E-state index contributed by atoms with van der Waals surface area (Å²) in [5.74, 6) is -1.05. The van der Waals surface area contributed by atoms with Gasteiger partial charge >= 0.3 is 5.97 Å². The lowest BCUT2D eigenvalue weighted by atomic mass is 9.98. The molecule has 0 fully saturated rings. The Kier molecular flexibility index (Phi) is 5.08. The van der Waals surface area contributed by atoms with Crippen LogP contribution in [-0.2, 0) is 4.79 Å². The lowest BCUT2D eigenvalue weighted by Crippen LogP contribution is -2.17. The standard InChI is InChI=1S/C8H16N2O2/c1-2-3-6(8(11)12)4-5-7(9)10/h6H,2-5H2,1H3,(H3,9,10)(H,11,12). The zero-order chi connectivity index (χ0) is 9.56. The molecule has 4 N–H and O–H groups in total. The van der Waals surface area contributed by atoms with Gasteiger partial charge in [-0.05, 0) is 12.8 Å². The molecule has 0 spiro atoms. The first-order chi connectivity index (χ1) is 5.57. The molecule has 0 amide bonds. The molecule has 0 bridgehead atoms. The maximum Gasteiger partial charge on any atom is 0.306 e. The summed E-state index contributed by atoms with van der Waals surface area (Å²) in [6.07, 6.45) is 2.40. The minimum Gasteiger partial charge on any atom is -0.481 e. The molecule has 1 unspecified atom stereocenters. The van der Waals surface area contributed by atoms with Crippen LogP contribution in [0.4, 0.5) is 0 Å². The summed E-state index contributed by atoms with van der Waals surface area (Å²) >= 11 is 0. The first-order valence-corrected chi connectivity index (χ1v) is 4.13. The highest BCUT2D eigenvalue weighted by Gasteiger charge is 2.15. The van der Waals surface area contributed by atoms with E-state index in [2.05, 4.69) is 0 Å². The van der Waals surface area contributed by atoms with E-state index in [0.29, 0.717) is 19.3 Å². The van der Waals surface area contributed by atoms with Crippen LogP contribution in [0.5, 0.6) is 0 Å². The van der Waals surface area contributed by atoms with Crippen molar-refractivity contribution in [1.29, 1.82) is 5.41 Å². The van der Waals surface area contributed by atoms with Gasteiger partial charge in [-0.1, -0.05) is 13.3 Å². The summed E-state index contributed by atoms with van der Waals surface area (Å²) in [6.45, 7) is 1.95. The second-order valence-corrected chi connectivity index (χ2v) is 2.89. The van der Waals surface area contributed by atoms with Crippen LogP contribution < -0.4 is 5.73 Å². The highest BCUT2D eigenvalue weighted by atomic mass is 16.4. The molecular formula is C8H16N2O2. The normalized spacial score (nSPS) is 12.4. The molecule has 0 aliphatic carbocycles. The molecule has 0 aliphatic rings. The average molecular weight is 172 g/mol. The fraction of sp³-hybridized carbons (Fsp3) is 0.750. The lowest BCUT2D eigenvalue weighted by Gasteiger charge is -2.09. The van der Waals surface area contributed by atoms with Crippen LogP contribution in [0.1, 0.15) is 32.6 Å². The van der Waals surface area contributed by atoms with Crippen LogP contribution in [0.15, 0.2) is 0 Å². The Morgan fingerprint density at radius 1 is 1.58 bits per heavy atom. The Labute approximate surface area is 72.3 Å². The summed E-state index contributed by atoms with van der Waals surface area (Å²) < 4.78 is 0. The fourth-order valence-corrected chi connectivity index (χ4v) is 1.07. The van der Waals surface area contributed by atoms with E-state index >= 15 is 0 Å². The molecule has 0 saturated carbocycles. The Morgan fingerprint density at radius 2 is 2.17 bits per heavy atom. The number of carboxylic acids is 1. The third kappa shape index (κ3) is 4.71. The van der Waals surface area contributed by atoms with Gasteiger partial charge in [-0.3, -0.25) is 10.2 Å². The molecule has 0 aliphatic heterocycles. The third-order valence-corrected chi connectivity index (χ3v) is 1.75. The van der Waals surface area contributed by atoms with Crippen molar-refractivity contribution >= 4 is 11.8 Å². The first-order valence-electron chi connectivity index (χ1n) is 4.13. The predicted octanol–water partition coefficient (Wildman–Crippen LogP) is 1.20. The van der Waals surface area contributed by atoms with Gasteiger partial charge in [0.1, 0.15) is 0 Å². The quantitative estimate of drug-likeness (QED) is 0.415. The van der Waals surface area contributed by atoms with Crippen molar-refractivity contribution in [2.24, 2.45) is 11.7 Å². The van der Waals surface area contributed by atoms with E-state index in [0.717, 1.165) is 6.42 Å². The van der Waals surface area contributed by atoms with Crippen molar-refractivity contribution in [3.8, 4) is 0 Å². The molecule has 0 rings (SSSR count). The van der Waals surface area contributed by atoms with Crippen LogP contribution >= 0.6 is 0 Å². The van der Waals surface area contributed by atoms with E-state index in [9.17, 15) is 4.79 Å². The number of aliphatic carboxylic acids is 1. The molecule has 0 aromatic heterocycles. The monoisotopic (exact) mass is 172 g/mol. The van der Waals surface area contributed by atoms with E-state index in [1.165, 1.54) is 0 Å². The number of amidine groups is 1. The van der Waals surface area contributed by atoms with Crippen molar-refractivity contribution in [2.45, 2.75) is 32.6 Å². The van der Waals surface area contributed by atoms with Gasteiger partial charge in [0.25, 0.3) is 0 Å². The Bertz CT molecular complexity index is 168. The number of carboxylic acid groups (broad SMARTS) is 1. The summed E-state index contributed by atoms with van der Waals surface area (Å²) in [5.41, 5.74) is 5.13. The second-order valence-electron chi connectivity index (χ2n) is 2.89. The number of hydrogen-bond acceptors (Lipinski definition) is 2. The van der Waals surface area contributed by atoms with Crippen LogP contribution in [0.25, 0.3) is 0 Å². The molecule has 4 nitrogen and oxygen atoms in total. The largest absolute Gasteiger partial charge is 0.481 e. The first kappa shape index (κ1) is 10.9. The number of hydrogen-bond donors (Lipinski definition) is 3. The second kappa shape index (κ2) is 5.57. The van der Waals surface area contributed by atoms with Gasteiger partial charge in [0, 0.05) is 6.42 Å². The zero-order valence-electron chi connectivity index (χ0n) is 7.34. The molecule has 0 heterocycles. The van der Waals surface area contributed by atoms with Crippen LogP contribution in [0.2, 0.25) is 0 Å². The maximum absolute atomic E-state index is 10.6. The molecule has 4 heteroatoms. The van der Waals surface area contributed by atoms with Gasteiger partial charge in [0.05, 0.1) is 11.8 Å². The summed E-state index contributed by atoms with van der Waals surface area (Å²) in [5, 5.41) is 15.7. The van der Waals surface area contributed by atoms with Crippen LogP contribution in [0.3, 0.4) is 0 Å². The van der Waals surface area contributed by atoms with Crippen LogP contribution in [-0.4, -0.2) is 16.9 Å². The fourth-order valence-electron chi connectivity index (χ4n) is 1.07. The van der Waals surface area contributed by atoms with Crippen molar-refractivity contribution in [1.82, 2.24) is 0 Å². The molecule has 0 aromatic carbocycles. The van der Waals surface area contributed by atoms with Gasteiger partial charge in [-0.25, -0.2) is 0 Å². The molecule has 12 heavy (non-hydrogen) atoms. The van der Waals surface area contributed by atoms with Crippen molar-refractivity contribution in [2.75, 3.05) is 0 Å². The topological polar surface area (TPSA) is 87.2 Å². The molecule has 0 aromatic rings. The van der Waals surface area contributed by atoms with E-state index in [1.54, 1.807) is 0 Å². The van der Waals surface area contributed by atoms with Gasteiger partial charge in [0.2, 0.25) is 0 Å². The predicted molar refractivity (Wildman–Crippen MR) is 47.2 cm³/mol. The summed E-state index contributed by atoms with van der Waals surface area (Å²) in [6, 6.07) is 0. The molecule has 1 atom stereocenters. The highest BCUT2D eigenvalue weighted by molar-refractivity contribution is 5.78. The molecular weight excluding hydrogens is 156 g/mol. The molecule has 70 valence electrons. The van der Waals surface area contributed by atoms with Crippen molar-refractivity contribution < 1.29 is 9.90 Å². The number of carbonyl (C=O) groups is 1. The van der Waals surface area contributed by atoms with Crippen molar-refractivity contribution in [3.05, 3.63) is 0 Å². The maximum atomic E-state index is 10.6. The minimum absolute atomic E-state index is 0.0670. The molecule has 0 radical (unpaired) electrons. The Morgan fingerprint density at radius 3 is 2.50 bits per heavy atom. The zero-order valence-corrected chi connectivity index (χ0v) is 7.34. The van der Waals surface area contributed by atoms with E-state index in [1.807, 2.05) is 6.92 Å². The van der Waals surface area contributed by atoms with Gasteiger partial charge in [0.15, 0.2) is 0 Å². The van der Waals surface area contributed by atoms with Crippen molar-refractivity contribution in [3.63, 3.8) is 0 Å². The molecule has 0 saturated heterocycles. The SMILES string of the molecule is CCCC(CCC(=N)N)C(=O)O. The average Bonchev–Trinajstić information content (AvgIpc) is 1.96. The van der Waals surface area contributed by atoms with Gasteiger partial charge < -0.3 is 10.8 Å². The summed E-state index contributed by atoms with van der Waals surface area (Å²) in [4.78, 5) is 10.6. The number of nitrogens with one attached hydrogen (secondary N) is 1. The highest BCUT2D eigenvalue weighted by Crippen LogP contribution is 2.13. The lowest BCUT2D eigenvalue weighted by molar-refractivity contribution is -0.142. The minimum atomic E-state index is -0.780. The van der Waals surface area contributed by atoms with E-state index in [-0.39, 0.29) is 11.8 Å². The summed E-state index contributed by atoms with van der Waals surface area (Å²) in [7, 11) is 0. The van der Waals surface area contributed by atoms with Crippen LogP contribution in [0, 0.1) is 11.3 Å². The Balaban J connectivity index is 3.79. The smallest absolute Gasteiger partial charge is 0.306 e. The number of nitrogens with two attached hydrogens (primary N) is 1. The van der Waals surface area contributed by atoms with Gasteiger partial charge in [-0.15, -0.1) is 0 Å². The Hall–Kier alpha value is -1.06. The number of rotatable bonds is 6.